The number of sulfonamides is 1. The molecule has 1 amide bonds. The molecule has 1 aromatic heterocycles. The maximum absolute atomic E-state index is 12.8. The third-order valence-electron chi connectivity index (χ3n) is 4.33. The number of nitrogens with zero attached hydrogens (tertiary/aromatic N) is 3. The molecule has 0 spiro atoms. The molecule has 0 aliphatic carbocycles. The van der Waals surface area contributed by atoms with Crippen molar-refractivity contribution in [3.63, 3.8) is 0 Å². The molecule has 1 aliphatic rings. The zero-order valence-electron chi connectivity index (χ0n) is 14.5. The summed E-state index contributed by atoms with van der Waals surface area (Å²) in [6.07, 6.45) is 0. The molecule has 1 saturated heterocycles. The zero-order chi connectivity index (χ0) is 21.3. The van der Waals surface area contributed by atoms with Crippen molar-refractivity contribution in [2.75, 3.05) is 31.1 Å². The number of piperazine rings is 1. The van der Waals surface area contributed by atoms with E-state index in [1.165, 1.54) is 28.0 Å². The minimum atomic E-state index is -3.77. The summed E-state index contributed by atoms with van der Waals surface area (Å²) in [5, 5.41) is 20.1. The van der Waals surface area contributed by atoms with Gasteiger partial charge in [0.1, 0.15) is 8.55 Å². The lowest BCUT2D eigenvalue weighted by atomic mass is 10.1. The first-order valence-electron chi connectivity index (χ1n) is 8.08. The van der Waals surface area contributed by atoms with E-state index in [-0.39, 0.29) is 51.0 Å². The fourth-order valence-electron chi connectivity index (χ4n) is 2.91. The van der Waals surface area contributed by atoms with Crippen molar-refractivity contribution in [1.82, 2.24) is 9.79 Å². The van der Waals surface area contributed by atoms with Crippen molar-refractivity contribution >= 4 is 61.8 Å². The Hall–Kier alpha value is -1.96. The molecule has 2 heterocycles. The van der Waals surface area contributed by atoms with Crippen LogP contribution in [0.5, 0.6) is 0 Å². The van der Waals surface area contributed by atoms with E-state index >= 15 is 0 Å². The highest BCUT2D eigenvalue weighted by molar-refractivity contribution is 7.91. The molecule has 29 heavy (non-hydrogen) atoms. The number of halogens is 2. The average molecular weight is 481 g/mol. The summed E-state index contributed by atoms with van der Waals surface area (Å²) in [6.45, 7) is 0.699. The van der Waals surface area contributed by atoms with E-state index in [1.54, 1.807) is 4.90 Å². The van der Waals surface area contributed by atoms with Crippen LogP contribution in [0.25, 0.3) is 0 Å². The third kappa shape index (κ3) is 4.32. The van der Waals surface area contributed by atoms with Gasteiger partial charge in [0.25, 0.3) is 21.6 Å². The number of nitro groups is 1. The highest BCUT2D eigenvalue weighted by Crippen LogP contribution is 2.36. The SMILES string of the molecule is O=C(NO)c1cc([N+](=O)[O-])ccc1N1CCN(S(=O)(=O)c2cc(Cl)c(Cl)s2)CC1. The van der Waals surface area contributed by atoms with Crippen LogP contribution in [0.15, 0.2) is 28.5 Å². The number of hydroxylamine groups is 1. The van der Waals surface area contributed by atoms with E-state index in [4.69, 9.17) is 28.4 Å². The number of anilines is 1. The lowest BCUT2D eigenvalue weighted by Gasteiger charge is -2.35. The zero-order valence-corrected chi connectivity index (χ0v) is 17.7. The lowest BCUT2D eigenvalue weighted by Crippen LogP contribution is -2.49. The van der Waals surface area contributed by atoms with E-state index in [0.29, 0.717) is 5.69 Å². The van der Waals surface area contributed by atoms with Crippen LogP contribution in [0.1, 0.15) is 10.4 Å². The molecule has 156 valence electrons. The molecule has 2 N–H and O–H groups in total. The Balaban J connectivity index is 1.82. The van der Waals surface area contributed by atoms with Crippen LogP contribution in [0.3, 0.4) is 0 Å². The van der Waals surface area contributed by atoms with E-state index in [9.17, 15) is 23.3 Å². The van der Waals surface area contributed by atoms with Crippen molar-refractivity contribution in [3.05, 3.63) is 49.3 Å². The Morgan fingerprint density at radius 2 is 1.86 bits per heavy atom. The normalized spacial score (nSPS) is 15.3. The number of carbonyl (C=O) groups excluding carboxylic acids is 1. The first kappa shape index (κ1) is 21.7. The summed E-state index contributed by atoms with van der Waals surface area (Å²) in [5.41, 5.74) is 1.43. The summed E-state index contributed by atoms with van der Waals surface area (Å²) < 4.78 is 27.0. The van der Waals surface area contributed by atoms with Gasteiger partial charge in [0, 0.05) is 38.3 Å². The second-order valence-electron chi connectivity index (χ2n) is 5.98. The van der Waals surface area contributed by atoms with Crippen molar-refractivity contribution in [3.8, 4) is 0 Å². The van der Waals surface area contributed by atoms with Crippen molar-refractivity contribution in [1.29, 1.82) is 0 Å². The summed E-state index contributed by atoms with van der Waals surface area (Å²) in [5.74, 6) is -0.901. The summed E-state index contributed by atoms with van der Waals surface area (Å²) >= 11 is 12.6. The quantitative estimate of drug-likeness (QED) is 0.381. The molecular weight excluding hydrogens is 467 g/mol. The Bertz CT molecular complexity index is 1050. The van der Waals surface area contributed by atoms with Gasteiger partial charge in [-0.3, -0.25) is 20.1 Å². The predicted molar refractivity (Wildman–Crippen MR) is 108 cm³/mol. The number of nitro benzene ring substituents is 1. The monoisotopic (exact) mass is 480 g/mol. The van der Waals surface area contributed by atoms with Gasteiger partial charge in [-0.2, -0.15) is 4.31 Å². The fourth-order valence-corrected chi connectivity index (χ4v) is 6.36. The second kappa shape index (κ2) is 8.42. The Morgan fingerprint density at radius 1 is 1.21 bits per heavy atom. The molecule has 10 nitrogen and oxygen atoms in total. The highest BCUT2D eigenvalue weighted by atomic mass is 35.5. The molecule has 0 radical (unpaired) electrons. The number of thiophene rings is 1. The summed E-state index contributed by atoms with van der Waals surface area (Å²) in [4.78, 5) is 24.0. The third-order valence-corrected chi connectivity index (χ3v) is 8.55. The first-order valence-corrected chi connectivity index (χ1v) is 11.1. The van der Waals surface area contributed by atoms with Crippen LogP contribution >= 0.6 is 34.5 Å². The Labute approximate surface area is 179 Å². The van der Waals surface area contributed by atoms with Gasteiger partial charge in [-0.05, 0) is 12.1 Å². The average Bonchev–Trinajstić information content (AvgIpc) is 3.06. The van der Waals surface area contributed by atoms with E-state index in [2.05, 4.69) is 0 Å². The van der Waals surface area contributed by atoms with Gasteiger partial charge in [-0.25, -0.2) is 13.9 Å². The second-order valence-corrected chi connectivity index (χ2v) is 10.2. The van der Waals surface area contributed by atoms with Gasteiger partial charge in [-0.15, -0.1) is 11.3 Å². The van der Waals surface area contributed by atoms with Gasteiger partial charge in [0.15, 0.2) is 0 Å². The Kier molecular flexibility index (Phi) is 6.31. The number of benzene rings is 1. The molecule has 3 rings (SSSR count). The van der Waals surface area contributed by atoms with E-state index in [1.807, 2.05) is 0 Å². The molecule has 0 bridgehead atoms. The number of amides is 1. The minimum absolute atomic E-state index is 0.0385. The standard InChI is InChI=1S/C15H14Cl2N4O6S2/c16-11-8-13(28-14(11)17)29(26,27)20-5-3-19(4-6-20)12-2-1-9(21(24)25)7-10(12)15(22)18-23/h1-2,7-8,23H,3-6H2,(H,18,22). The molecule has 2 aromatic rings. The molecule has 0 saturated carbocycles. The van der Waals surface area contributed by atoms with Crippen LogP contribution in [-0.4, -0.2) is 54.9 Å². The van der Waals surface area contributed by atoms with Gasteiger partial charge in [0.2, 0.25) is 0 Å². The highest BCUT2D eigenvalue weighted by Gasteiger charge is 2.32. The van der Waals surface area contributed by atoms with Crippen molar-refractivity contribution in [2.45, 2.75) is 4.21 Å². The predicted octanol–water partition coefficient (Wildman–Crippen LogP) is 2.59. The van der Waals surface area contributed by atoms with Crippen molar-refractivity contribution in [2.24, 2.45) is 0 Å². The van der Waals surface area contributed by atoms with Crippen LogP contribution < -0.4 is 10.4 Å². The molecule has 0 unspecified atom stereocenters. The van der Waals surface area contributed by atoms with Gasteiger partial charge >= 0.3 is 0 Å². The van der Waals surface area contributed by atoms with Crippen molar-refractivity contribution < 1.29 is 23.3 Å². The largest absolute Gasteiger partial charge is 0.368 e. The number of non-ortho nitro benzene ring substituents is 1. The van der Waals surface area contributed by atoms with Crippen LogP contribution in [0.2, 0.25) is 9.36 Å². The summed E-state index contributed by atoms with van der Waals surface area (Å²) in [7, 11) is -3.77. The summed E-state index contributed by atoms with van der Waals surface area (Å²) in [6, 6.07) is 4.99. The molecule has 1 aliphatic heterocycles. The Morgan fingerprint density at radius 3 is 2.38 bits per heavy atom. The van der Waals surface area contributed by atoms with Crippen LogP contribution in [-0.2, 0) is 10.0 Å². The number of carbonyl (C=O) groups is 1. The number of nitrogens with one attached hydrogen (secondary N) is 1. The lowest BCUT2D eigenvalue weighted by molar-refractivity contribution is -0.384. The molecule has 14 heteroatoms. The maximum atomic E-state index is 12.8. The molecule has 1 aromatic carbocycles. The van der Waals surface area contributed by atoms with Gasteiger partial charge < -0.3 is 4.90 Å². The van der Waals surface area contributed by atoms with Crippen LogP contribution in [0, 0.1) is 10.1 Å². The van der Waals surface area contributed by atoms with Gasteiger partial charge in [-0.1, -0.05) is 23.2 Å². The topological polar surface area (TPSA) is 133 Å². The fraction of sp³-hybridized carbons (Fsp3) is 0.267. The minimum Gasteiger partial charge on any atom is -0.368 e. The molecule has 1 fully saturated rings. The smallest absolute Gasteiger partial charge is 0.276 e. The van der Waals surface area contributed by atoms with E-state index in [0.717, 1.165) is 17.4 Å². The first-order chi connectivity index (χ1) is 13.6. The maximum Gasteiger partial charge on any atom is 0.276 e. The van der Waals surface area contributed by atoms with Gasteiger partial charge in [0.05, 0.1) is 21.2 Å². The molecule has 0 atom stereocenters. The van der Waals surface area contributed by atoms with E-state index < -0.39 is 20.9 Å². The number of hydrogen-bond donors (Lipinski definition) is 2. The molecular formula is C15H14Cl2N4O6S2. The van der Waals surface area contributed by atoms with Crippen LogP contribution in [0.4, 0.5) is 11.4 Å². The number of rotatable bonds is 5. The number of hydrogen-bond acceptors (Lipinski definition) is 8.